The summed E-state index contributed by atoms with van der Waals surface area (Å²) in [6.45, 7) is 3.35. The molecule has 0 spiro atoms. The maximum Gasteiger partial charge on any atom is 0.350 e. The van der Waals surface area contributed by atoms with Gasteiger partial charge < -0.3 is 15.4 Å². The Balaban J connectivity index is 2.10. The zero-order valence-electron chi connectivity index (χ0n) is 14.9. The van der Waals surface area contributed by atoms with E-state index in [1.165, 1.54) is 18.3 Å². The minimum atomic E-state index is -0.518. The number of hydrogen-bond acceptors (Lipinski definition) is 5. The summed E-state index contributed by atoms with van der Waals surface area (Å²) in [7, 11) is 0. The molecule has 27 heavy (non-hydrogen) atoms. The van der Waals surface area contributed by atoms with E-state index < -0.39 is 5.97 Å². The van der Waals surface area contributed by atoms with E-state index in [0.29, 0.717) is 27.0 Å². The van der Waals surface area contributed by atoms with Crippen LogP contribution in [0.1, 0.15) is 33.9 Å². The largest absolute Gasteiger partial charge is 0.462 e. The summed E-state index contributed by atoms with van der Waals surface area (Å²) >= 11 is 1.17. The SMILES string of the molecule is CCOC(=O)c1sc2c(NC(C)=O)cccc2c1NC(=O)c1ccccc1. The van der Waals surface area contributed by atoms with Crippen LogP contribution < -0.4 is 10.6 Å². The Labute approximate surface area is 160 Å². The standard InChI is InChI=1S/C20H18N2O4S/c1-3-26-20(25)18-16(22-19(24)13-8-5-4-6-9-13)14-10-7-11-15(17(14)27-18)21-12(2)23/h4-11H,3H2,1-2H3,(H,21,23)(H,22,24). The van der Waals surface area contributed by atoms with E-state index >= 15 is 0 Å². The van der Waals surface area contributed by atoms with Gasteiger partial charge in [-0.2, -0.15) is 0 Å². The zero-order valence-corrected chi connectivity index (χ0v) is 15.7. The molecule has 6 nitrogen and oxygen atoms in total. The van der Waals surface area contributed by atoms with Crippen LogP contribution in [0.3, 0.4) is 0 Å². The number of rotatable bonds is 5. The molecule has 0 bridgehead atoms. The van der Waals surface area contributed by atoms with Crippen molar-refractivity contribution in [3.05, 3.63) is 59.0 Å². The first-order valence-corrected chi connectivity index (χ1v) is 9.19. The van der Waals surface area contributed by atoms with Crippen molar-refractivity contribution < 1.29 is 19.1 Å². The summed E-state index contributed by atoms with van der Waals surface area (Å²) in [6, 6.07) is 14.0. The molecule has 2 aromatic carbocycles. The molecule has 2 N–H and O–H groups in total. The Kier molecular flexibility index (Phi) is 5.52. The van der Waals surface area contributed by atoms with Gasteiger partial charge in [-0.05, 0) is 25.1 Å². The topological polar surface area (TPSA) is 84.5 Å². The van der Waals surface area contributed by atoms with Crippen molar-refractivity contribution in [1.82, 2.24) is 0 Å². The van der Waals surface area contributed by atoms with Gasteiger partial charge in [-0.3, -0.25) is 9.59 Å². The summed E-state index contributed by atoms with van der Waals surface area (Å²) in [6.07, 6.45) is 0. The molecule has 0 aliphatic rings. The van der Waals surface area contributed by atoms with Crippen molar-refractivity contribution in [2.24, 2.45) is 0 Å². The molecule has 0 fully saturated rings. The second-order valence-electron chi connectivity index (χ2n) is 5.71. The fourth-order valence-corrected chi connectivity index (χ4v) is 3.77. The number of nitrogens with one attached hydrogen (secondary N) is 2. The van der Waals surface area contributed by atoms with E-state index in [0.717, 1.165) is 0 Å². The maximum absolute atomic E-state index is 12.6. The minimum absolute atomic E-state index is 0.219. The van der Waals surface area contributed by atoms with Gasteiger partial charge in [0.25, 0.3) is 5.91 Å². The Morgan fingerprint density at radius 2 is 1.74 bits per heavy atom. The molecular weight excluding hydrogens is 364 g/mol. The summed E-state index contributed by atoms with van der Waals surface area (Å²) < 4.78 is 5.83. The lowest BCUT2D eigenvalue weighted by Gasteiger charge is -2.08. The highest BCUT2D eigenvalue weighted by Gasteiger charge is 2.23. The number of anilines is 2. The van der Waals surface area contributed by atoms with Crippen LogP contribution in [-0.4, -0.2) is 24.4 Å². The summed E-state index contributed by atoms with van der Waals surface area (Å²) in [5, 5.41) is 6.24. The average Bonchev–Trinajstić information content (AvgIpc) is 3.02. The van der Waals surface area contributed by atoms with Crippen molar-refractivity contribution >= 4 is 50.6 Å². The minimum Gasteiger partial charge on any atom is -0.462 e. The van der Waals surface area contributed by atoms with Crippen molar-refractivity contribution in [3.8, 4) is 0 Å². The molecule has 3 rings (SSSR count). The van der Waals surface area contributed by atoms with Crippen LogP contribution in [0.25, 0.3) is 10.1 Å². The number of carbonyl (C=O) groups is 3. The lowest BCUT2D eigenvalue weighted by atomic mass is 10.1. The van der Waals surface area contributed by atoms with Gasteiger partial charge in [-0.15, -0.1) is 11.3 Å². The molecule has 1 aromatic heterocycles. The fraction of sp³-hybridized carbons (Fsp3) is 0.150. The molecule has 7 heteroatoms. The van der Waals surface area contributed by atoms with E-state index in [2.05, 4.69) is 10.6 Å². The summed E-state index contributed by atoms with van der Waals surface area (Å²) in [4.78, 5) is 36.8. The monoisotopic (exact) mass is 382 g/mol. The summed E-state index contributed by atoms with van der Waals surface area (Å²) in [5.74, 6) is -1.06. The van der Waals surface area contributed by atoms with Gasteiger partial charge in [0.15, 0.2) is 0 Å². The lowest BCUT2D eigenvalue weighted by Crippen LogP contribution is -2.14. The van der Waals surface area contributed by atoms with Crippen LogP contribution in [-0.2, 0) is 9.53 Å². The first kappa shape index (κ1) is 18.6. The Morgan fingerprint density at radius 3 is 2.41 bits per heavy atom. The number of esters is 1. The van der Waals surface area contributed by atoms with Gasteiger partial charge in [-0.25, -0.2) is 4.79 Å². The van der Waals surface area contributed by atoms with E-state index in [1.807, 2.05) is 6.07 Å². The fourth-order valence-electron chi connectivity index (χ4n) is 2.65. The number of hydrogen-bond donors (Lipinski definition) is 2. The van der Waals surface area contributed by atoms with Gasteiger partial charge in [0.05, 0.1) is 22.7 Å². The van der Waals surface area contributed by atoms with E-state index in [-0.39, 0.29) is 23.3 Å². The highest BCUT2D eigenvalue weighted by atomic mass is 32.1. The van der Waals surface area contributed by atoms with E-state index in [4.69, 9.17) is 4.74 Å². The molecule has 1 heterocycles. The highest BCUT2D eigenvalue weighted by Crippen LogP contribution is 2.40. The van der Waals surface area contributed by atoms with Gasteiger partial charge in [0.1, 0.15) is 4.88 Å². The number of ether oxygens (including phenoxy) is 1. The van der Waals surface area contributed by atoms with Crippen molar-refractivity contribution in [2.45, 2.75) is 13.8 Å². The van der Waals surface area contributed by atoms with Gasteiger partial charge in [0.2, 0.25) is 5.91 Å². The third-order valence-electron chi connectivity index (χ3n) is 3.76. The molecule has 3 aromatic rings. The Bertz CT molecular complexity index is 1010. The lowest BCUT2D eigenvalue weighted by molar-refractivity contribution is -0.114. The van der Waals surface area contributed by atoms with Crippen LogP contribution >= 0.6 is 11.3 Å². The number of fused-ring (bicyclic) bond motifs is 1. The van der Waals surface area contributed by atoms with Crippen LogP contribution in [0.4, 0.5) is 11.4 Å². The number of amides is 2. The molecule has 0 radical (unpaired) electrons. The third-order valence-corrected chi connectivity index (χ3v) is 4.98. The van der Waals surface area contributed by atoms with Gasteiger partial charge in [0, 0.05) is 17.9 Å². The van der Waals surface area contributed by atoms with Gasteiger partial charge >= 0.3 is 5.97 Å². The number of thiophene rings is 1. The summed E-state index contributed by atoms with van der Waals surface area (Å²) in [5.41, 5.74) is 1.44. The van der Waals surface area contributed by atoms with E-state index in [1.54, 1.807) is 49.4 Å². The van der Waals surface area contributed by atoms with Crippen molar-refractivity contribution in [2.75, 3.05) is 17.2 Å². The molecule has 138 valence electrons. The number of benzene rings is 2. The first-order valence-electron chi connectivity index (χ1n) is 8.38. The van der Waals surface area contributed by atoms with Crippen LogP contribution in [0.5, 0.6) is 0 Å². The molecule has 0 atom stereocenters. The average molecular weight is 382 g/mol. The van der Waals surface area contributed by atoms with E-state index in [9.17, 15) is 14.4 Å². The quantitative estimate of drug-likeness (QED) is 0.645. The third kappa shape index (κ3) is 3.98. The predicted molar refractivity (Wildman–Crippen MR) is 106 cm³/mol. The van der Waals surface area contributed by atoms with Crippen molar-refractivity contribution in [1.29, 1.82) is 0 Å². The maximum atomic E-state index is 12.6. The van der Waals surface area contributed by atoms with Gasteiger partial charge in [-0.1, -0.05) is 30.3 Å². The molecule has 0 aliphatic heterocycles. The van der Waals surface area contributed by atoms with Crippen LogP contribution in [0, 0.1) is 0 Å². The Hall–Kier alpha value is -3.19. The highest BCUT2D eigenvalue weighted by molar-refractivity contribution is 7.22. The van der Waals surface area contributed by atoms with Crippen molar-refractivity contribution in [3.63, 3.8) is 0 Å². The molecular formula is C20H18N2O4S. The van der Waals surface area contributed by atoms with Crippen LogP contribution in [0.2, 0.25) is 0 Å². The second-order valence-corrected chi connectivity index (χ2v) is 6.73. The molecule has 2 amide bonds. The molecule has 0 unspecified atom stereocenters. The smallest absolute Gasteiger partial charge is 0.350 e. The molecule has 0 saturated carbocycles. The molecule has 0 saturated heterocycles. The zero-order chi connectivity index (χ0) is 19.4. The predicted octanol–water partition coefficient (Wildman–Crippen LogP) is 4.29. The van der Waals surface area contributed by atoms with Crippen LogP contribution in [0.15, 0.2) is 48.5 Å². The number of carbonyl (C=O) groups excluding carboxylic acids is 3. The normalized spacial score (nSPS) is 10.4. The first-order chi connectivity index (χ1) is 13.0. The molecule has 0 aliphatic carbocycles. The Morgan fingerprint density at radius 1 is 1.00 bits per heavy atom. The second kappa shape index (κ2) is 8.01.